The lowest BCUT2D eigenvalue weighted by Crippen LogP contribution is -2.62. The number of esters is 1. The molecule has 0 saturated carbocycles. The summed E-state index contributed by atoms with van der Waals surface area (Å²) in [5, 5.41) is 0.393. The van der Waals surface area contributed by atoms with Gasteiger partial charge in [0.15, 0.2) is 0 Å². The summed E-state index contributed by atoms with van der Waals surface area (Å²) in [6, 6.07) is 4.66. The quantitative estimate of drug-likeness (QED) is 0.281. The minimum absolute atomic E-state index is 0.258. The van der Waals surface area contributed by atoms with Crippen molar-refractivity contribution in [3.05, 3.63) is 29.3 Å². The fourth-order valence-electron chi connectivity index (χ4n) is 2.47. The Morgan fingerprint density at radius 2 is 2.08 bits per heavy atom. The minimum atomic E-state index is -3.32. The maximum atomic E-state index is 13.1. The van der Waals surface area contributed by atoms with Crippen LogP contribution in [0, 0.1) is 0 Å². The van der Waals surface area contributed by atoms with Crippen molar-refractivity contribution in [2.45, 2.75) is 43.9 Å². The Bertz CT molecular complexity index is 622. The highest BCUT2D eigenvalue weighted by atomic mass is 79.9. The summed E-state index contributed by atoms with van der Waals surface area (Å²) in [7, 11) is 0. The molecule has 132 valence electrons. The number of unbranched alkanes of at least 4 members (excludes halogenated alkanes) is 3. The number of anilines is 1. The van der Waals surface area contributed by atoms with E-state index in [1.165, 1.54) is 6.07 Å². The standard InChI is InChI=1S/C17H20BrF2NO3/c1-2-3-4-5-8-24-15(22)12-6-7-13(10-18)14(9-12)21-11-17(19,20)16(21)23/h6-7,9H,2-5,8,10-11H2,1H3. The van der Waals surface area contributed by atoms with Gasteiger partial charge >= 0.3 is 11.9 Å². The van der Waals surface area contributed by atoms with Gasteiger partial charge in [0, 0.05) is 11.0 Å². The SMILES string of the molecule is CCCCCCOC(=O)c1ccc(CBr)c(N2CC(F)(F)C2=O)c1. The monoisotopic (exact) mass is 403 g/mol. The Morgan fingerprint density at radius 1 is 1.33 bits per heavy atom. The molecule has 0 aromatic heterocycles. The van der Waals surface area contributed by atoms with E-state index in [9.17, 15) is 18.4 Å². The summed E-state index contributed by atoms with van der Waals surface area (Å²) in [5.74, 6) is -5.07. The maximum absolute atomic E-state index is 13.1. The van der Waals surface area contributed by atoms with E-state index in [2.05, 4.69) is 22.9 Å². The van der Waals surface area contributed by atoms with Gasteiger partial charge in [-0.1, -0.05) is 48.2 Å². The van der Waals surface area contributed by atoms with Crippen molar-refractivity contribution in [1.29, 1.82) is 0 Å². The van der Waals surface area contributed by atoms with Crippen LogP contribution in [0.4, 0.5) is 14.5 Å². The molecule has 24 heavy (non-hydrogen) atoms. The van der Waals surface area contributed by atoms with E-state index in [4.69, 9.17) is 4.74 Å². The number of β-lactam (4-membered cyclic amide) rings is 1. The van der Waals surface area contributed by atoms with Crippen molar-refractivity contribution >= 4 is 33.5 Å². The van der Waals surface area contributed by atoms with E-state index in [1.54, 1.807) is 12.1 Å². The van der Waals surface area contributed by atoms with Gasteiger partial charge in [-0.25, -0.2) is 4.79 Å². The number of carbonyl (C=O) groups is 2. The van der Waals surface area contributed by atoms with Crippen LogP contribution in [0.25, 0.3) is 0 Å². The zero-order chi connectivity index (χ0) is 17.7. The minimum Gasteiger partial charge on any atom is -0.462 e. The van der Waals surface area contributed by atoms with E-state index in [1.807, 2.05) is 0 Å². The topological polar surface area (TPSA) is 46.6 Å². The van der Waals surface area contributed by atoms with E-state index >= 15 is 0 Å². The van der Waals surface area contributed by atoms with Crippen LogP contribution >= 0.6 is 15.9 Å². The van der Waals surface area contributed by atoms with Gasteiger partial charge in [0.05, 0.1) is 18.7 Å². The lowest BCUT2D eigenvalue weighted by Gasteiger charge is -2.38. The average molecular weight is 404 g/mol. The lowest BCUT2D eigenvalue weighted by atomic mass is 10.0. The van der Waals surface area contributed by atoms with Gasteiger partial charge in [0.2, 0.25) is 0 Å². The largest absolute Gasteiger partial charge is 0.462 e. The first-order valence-electron chi connectivity index (χ1n) is 7.96. The van der Waals surface area contributed by atoms with E-state index in [-0.39, 0.29) is 5.56 Å². The first kappa shape index (κ1) is 18.8. The predicted molar refractivity (Wildman–Crippen MR) is 90.8 cm³/mol. The highest BCUT2D eigenvalue weighted by Crippen LogP contribution is 2.36. The number of benzene rings is 1. The van der Waals surface area contributed by atoms with Crippen LogP contribution in [0.1, 0.15) is 48.5 Å². The molecular formula is C17H20BrF2NO3. The van der Waals surface area contributed by atoms with Crippen molar-refractivity contribution in [3.63, 3.8) is 0 Å². The maximum Gasteiger partial charge on any atom is 0.342 e. The number of ether oxygens (including phenoxy) is 1. The normalized spacial score (nSPS) is 16.0. The van der Waals surface area contributed by atoms with Gasteiger partial charge in [-0.3, -0.25) is 4.79 Å². The second-order valence-electron chi connectivity index (χ2n) is 5.77. The molecule has 7 heteroatoms. The van der Waals surface area contributed by atoms with Gasteiger partial charge in [-0.2, -0.15) is 8.78 Å². The number of hydrogen-bond acceptors (Lipinski definition) is 3. The number of carbonyl (C=O) groups excluding carboxylic acids is 2. The summed E-state index contributed by atoms with van der Waals surface area (Å²) >= 11 is 3.26. The fourth-order valence-corrected chi connectivity index (χ4v) is 2.95. The molecule has 4 nitrogen and oxygen atoms in total. The van der Waals surface area contributed by atoms with E-state index in [0.717, 1.165) is 30.6 Å². The molecule has 1 aromatic carbocycles. The second-order valence-corrected chi connectivity index (χ2v) is 6.33. The Morgan fingerprint density at radius 3 is 2.67 bits per heavy atom. The molecule has 0 atom stereocenters. The van der Waals surface area contributed by atoms with E-state index in [0.29, 0.717) is 23.2 Å². The highest BCUT2D eigenvalue weighted by molar-refractivity contribution is 9.08. The van der Waals surface area contributed by atoms with Crippen molar-refractivity contribution in [2.24, 2.45) is 0 Å². The zero-order valence-corrected chi connectivity index (χ0v) is 15.1. The molecule has 1 heterocycles. The number of alkyl halides is 3. The van der Waals surface area contributed by atoms with Gasteiger partial charge < -0.3 is 9.64 Å². The molecule has 1 saturated heterocycles. The van der Waals surface area contributed by atoms with Crippen LogP contribution < -0.4 is 4.90 Å². The van der Waals surface area contributed by atoms with Gasteiger partial charge in [-0.15, -0.1) is 0 Å². The van der Waals surface area contributed by atoms with Crippen LogP contribution in [-0.4, -0.2) is 31.0 Å². The first-order chi connectivity index (χ1) is 11.4. The van der Waals surface area contributed by atoms with Crippen molar-refractivity contribution < 1.29 is 23.1 Å². The molecule has 0 spiro atoms. The molecule has 1 aromatic rings. The zero-order valence-electron chi connectivity index (χ0n) is 13.5. The molecule has 2 rings (SSSR count). The third kappa shape index (κ3) is 4.12. The van der Waals surface area contributed by atoms with Crippen LogP contribution in [0.3, 0.4) is 0 Å². The highest BCUT2D eigenvalue weighted by Gasteiger charge is 2.55. The summed E-state index contributed by atoms with van der Waals surface area (Å²) in [4.78, 5) is 24.6. The number of nitrogens with zero attached hydrogens (tertiary/aromatic N) is 1. The number of halogens is 3. The summed E-state index contributed by atoms with van der Waals surface area (Å²) < 4.78 is 31.5. The molecule has 0 aliphatic carbocycles. The summed E-state index contributed by atoms with van der Waals surface area (Å²) in [5.41, 5.74) is 1.25. The summed E-state index contributed by atoms with van der Waals surface area (Å²) in [6.45, 7) is 1.76. The molecule has 1 aliphatic heterocycles. The Hall–Kier alpha value is -1.50. The Balaban J connectivity index is 2.06. The second kappa shape index (κ2) is 8.05. The predicted octanol–water partition coefficient (Wildman–Crippen LogP) is 4.30. The van der Waals surface area contributed by atoms with Crippen molar-refractivity contribution in [1.82, 2.24) is 0 Å². The van der Waals surface area contributed by atoms with Crippen LogP contribution in [0.2, 0.25) is 0 Å². The third-order valence-electron chi connectivity index (χ3n) is 3.90. The lowest BCUT2D eigenvalue weighted by molar-refractivity contribution is -0.152. The third-order valence-corrected chi connectivity index (χ3v) is 4.51. The first-order valence-corrected chi connectivity index (χ1v) is 9.08. The molecular weight excluding hydrogens is 384 g/mol. The Labute approximate surface area is 148 Å². The summed E-state index contributed by atoms with van der Waals surface area (Å²) in [6.07, 6.45) is 3.98. The van der Waals surface area contributed by atoms with Crippen LogP contribution in [0.15, 0.2) is 18.2 Å². The molecule has 1 amide bonds. The van der Waals surface area contributed by atoms with Crippen molar-refractivity contribution in [3.8, 4) is 0 Å². The molecule has 0 unspecified atom stereocenters. The van der Waals surface area contributed by atoms with Gasteiger partial charge in [-0.05, 0) is 24.1 Å². The van der Waals surface area contributed by atoms with E-state index < -0.39 is 24.3 Å². The molecule has 0 bridgehead atoms. The smallest absolute Gasteiger partial charge is 0.342 e. The Kier molecular flexibility index (Phi) is 6.32. The molecule has 0 N–H and O–H groups in total. The average Bonchev–Trinajstić information content (AvgIpc) is 2.58. The van der Waals surface area contributed by atoms with Gasteiger partial charge in [0.25, 0.3) is 5.91 Å². The number of hydrogen-bond donors (Lipinski definition) is 0. The van der Waals surface area contributed by atoms with Crippen molar-refractivity contribution in [2.75, 3.05) is 18.1 Å². The molecule has 1 fully saturated rings. The molecule has 1 aliphatic rings. The number of rotatable bonds is 8. The fraction of sp³-hybridized carbons (Fsp3) is 0.529. The number of amides is 1. The van der Waals surface area contributed by atoms with Gasteiger partial charge in [0.1, 0.15) is 0 Å². The van der Waals surface area contributed by atoms with Crippen LogP contribution in [-0.2, 0) is 14.9 Å². The molecule has 0 radical (unpaired) electrons. The van der Waals surface area contributed by atoms with Crippen LogP contribution in [0.5, 0.6) is 0 Å².